The summed E-state index contributed by atoms with van der Waals surface area (Å²) in [5.41, 5.74) is 2.60. The van der Waals surface area contributed by atoms with E-state index in [-0.39, 0.29) is 0 Å². The Morgan fingerprint density at radius 3 is 3.06 bits per heavy atom. The minimum absolute atomic E-state index is 0.580. The predicted octanol–water partition coefficient (Wildman–Crippen LogP) is 0.966. The van der Waals surface area contributed by atoms with Crippen LogP contribution < -0.4 is 4.74 Å². The molecule has 1 aromatic heterocycles. The van der Waals surface area contributed by atoms with Gasteiger partial charge < -0.3 is 9.47 Å². The van der Waals surface area contributed by atoms with Gasteiger partial charge in [-0.15, -0.1) is 5.10 Å². The first-order valence-electron chi connectivity index (χ1n) is 6.70. The van der Waals surface area contributed by atoms with Gasteiger partial charge in [0.15, 0.2) is 0 Å². The fourth-order valence-electron chi connectivity index (χ4n) is 3.04. The van der Waals surface area contributed by atoms with E-state index in [1.165, 1.54) is 17.7 Å². The normalized spacial score (nSPS) is 24.9. The molecule has 0 amide bonds. The van der Waals surface area contributed by atoms with Gasteiger partial charge in [0.1, 0.15) is 0 Å². The lowest BCUT2D eigenvalue weighted by atomic mass is 10.1. The van der Waals surface area contributed by atoms with E-state index in [0.717, 1.165) is 45.0 Å². The van der Waals surface area contributed by atoms with Crippen LogP contribution in [0, 0.1) is 0 Å². The second kappa shape index (κ2) is 4.90. The van der Waals surface area contributed by atoms with Crippen molar-refractivity contribution < 1.29 is 9.47 Å². The van der Waals surface area contributed by atoms with E-state index in [1.54, 1.807) is 7.11 Å². The zero-order valence-electron chi connectivity index (χ0n) is 11.2. The smallest absolute Gasteiger partial charge is 0.236 e. The number of fused-ring (bicyclic) bond motifs is 1. The molecule has 1 saturated heterocycles. The molecular weight excluding hydrogens is 230 g/mol. The molecule has 0 aliphatic carbocycles. The van der Waals surface area contributed by atoms with Crippen molar-refractivity contribution in [1.29, 1.82) is 0 Å². The lowest BCUT2D eigenvalue weighted by Crippen LogP contribution is -2.35. The van der Waals surface area contributed by atoms with Gasteiger partial charge in [0.25, 0.3) is 0 Å². The molecule has 5 heteroatoms. The van der Waals surface area contributed by atoms with Crippen molar-refractivity contribution in [3.05, 3.63) is 11.3 Å². The number of nitrogens with zero attached hydrogens (tertiary/aromatic N) is 3. The number of aromatic nitrogens is 2. The summed E-state index contributed by atoms with van der Waals surface area (Å²) >= 11 is 0. The van der Waals surface area contributed by atoms with Crippen LogP contribution in [0.1, 0.15) is 24.1 Å². The predicted molar refractivity (Wildman–Crippen MR) is 67.7 cm³/mol. The van der Waals surface area contributed by atoms with Gasteiger partial charge in [-0.1, -0.05) is 0 Å². The van der Waals surface area contributed by atoms with Crippen molar-refractivity contribution in [2.24, 2.45) is 7.05 Å². The van der Waals surface area contributed by atoms with Gasteiger partial charge in [0, 0.05) is 31.8 Å². The molecule has 0 N–H and O–H groups in total. The molecule has 0 bridgehead atoms. The van der Waals surface area contributed by atoms with E-state index < -0.39 is 0 Å². The van der Waals surface area contributed by atoms with Crippen LogP contribution in [0.4, 0.5) is 0 Å². The average molecular weight is 251 g/mol. The van der Waals surface area contributed by atoms with Gasteiger partial charge in [0.2, 0.25) is 5.88 Å². The van der Waals surface area contributed by atoms with Crippen LogP contribution in [0.5, 0.6) is 5.88 Å². The third-order valence-corrected chi connectivity index (χ3v) is 4.08. The molecule has 2 aliphatic heterocycles. The molecule has 2 aliphatic rings. The Hall–Kier alpha value is -1.07. The molecule has 1 aromatic rings. The lowest BCUT2D eigenvalue weighted by molar-refractivity contribution is 0.138. The summed E-state index contributed by atoms with van der Waals surface area (Å²) in [7, 11) is 3.71. The highest BCUT2D eigenvalue weighted by Crippen LogP contribution is 2.28. The SMILES string of the molecule is COc1nn(C)c2c1CCCN([C@H]1CCOC1)C2. The minimum Gasteiger partial charge on any atom is -0.480 e. The minimum atomic E-state index is 0.580. The van der Waals surface area contributed by atoms with Crippen molar-refractivity contribution in [2.75, 3.05) is 26.9 Å². The second-order valence-electron chi connectivity index (χ2n) is 5.15. The Morgan fingerprint density at radius 1 is 1.44 bits per heavy atom. The van der Waals surface area contributed by atoms with E-state index in [1.807, 2.05) is 11.7 Å². The highest BCUT2D eigenvalue weighted by molar-refractivity contribution is 5.32. The van der Waals surface area contributed by atoms with Crippen molar-refractivity contribution in [3.8, 4) is 5.88 Å². The number of aryl methyl sites for hydroxylation is 1. The molecular formula is C13H21N3O2. The first-order valence-corrected chi connectivity index (χ1v) is 6.70. The summed E-state index contributed by atoms with van der Waals surface area (Å²) < 4.78 is 12.9. The highest BCUT2D eigenvalue weighted by atomic mass is 16.5. The molecule has 0 aromatic carbocycles. The monoisotopic (exact) mass is 251 g/mol. The maximum Gasteiger partial charge on any atom is 0.236 e. The Labute approximate surface area is 108 Å². The summed E-state index contributed by atoms with van der Waals surface area (Å²) in [6, 6.07) is 0.580. The van der Waals surface area contributed by atoms with Gasteiger partial charge in [-0.05, 0) is 25.8 Å². The molecule has 0 spiro atoms. The standard InChI is InChI=1S/C13H21N3O2/c1-15-12-8-16(10-5-7-18-9-10)6-3-4-11(12)13(14-15)17-2/h10H,3-9H2,1-2H3/t10-/m0/s1. The molecule has 0 radical (unpaired) electrons. The van der Waals surface area contributed by atoms with Gasteiger partial charge >= 0.3 is 0 Å². The average Bonchev–Trinajstić information content (AvgIpc) is 2.93. The topological polar surface area (TPSA) is 39.5 Å². The van der Waals surface area contributed by atoms with Crippen LogP contribution in [-0.4, -0.2) is 47.6 Å². The first kappa shape index (κ1) is 12.0. The summed E-state index contributed by atoms with van der Waals surface area (Å²) in [5, 5.41) is 4.45. The molecule has 3 rings (SSSR count). The molecule has 1 atom stereocenters. The van der Waals surface area contributed by atoms with Crippen molar-refractivity contribution in [2.45, 2.75) is 31.8 Å². The molecule has 1 fully saturated rings. The van der Waals surface area contributed by atoms with Crippen LogP contribution in [0.2, 0.25) is 0 Å². The third kappa shape index (κ3) is 2.01. The number of rotatable bonds is 2. The second-order valence-corrected chi connectivity index (χ2v) is 5.15. The first-order chi connectivity index (χ1) is 8.79. The summed E-state index contributed by atoms with van der Waals surface area (Å²) in [6.07, 6.45) is 3.40. The number of hydrogen-bond acceptors (Lipinski definition) is 4. The fraction of sp³-hybridized carbons (Fsp3) is 0.769. The lowest BCUT2D eigenvalue weighted by Gasteiger charge is -2.26. The zero-order chi connectivity index (χ0) is 12.5. The number of ether oxygens (including phenoxy) is 2. The molecule has 0 unspecified atom stereocenters. The number of methoxy groups -OCH3 is 1. The van der Waals surface area contributed by atoms with Gasteiger partial charge in [0.05, 0.1) is 19.4 Å². The molecule has 100 valence electrons. The van der Waals surface area contributed by atoms with Crippen molar-refractivity contribution in [1.82, 2.24) is 14.7 Å². The Kier molecular flexibility index (Phi) is 3.26. The van der Waals surface area contributed by atoms with Gasteiger partial charge in [-0.3, -0.25) is 9.58 Å². The molecule has 0 saturated carbocycles. The Bertz CT molecular complexity index is 424. The fourth-order valence-corrected chi connectivity index (χ4v) is 3.04. The third-order valence-electron chi connectivity index (χ3n) is 4.08. The highest BCUT2D eigenvalue weighted by Gasteiger charge is 2.28. The van der Waals surface area contributed by atoms with Crippen molar-refractivity contribution in [3.63, 3.8) is 0 Å². The van der Waals surface area contributed by atoms with E-state index in [0.29, 0.717) is 6.04 Å². The number of hydrogen-bond donors (Lipinski definition) is 0. The van der Waals surface area contributed by atoms with E-state index in [9.17, 15) is 0 Å². The quantitative estimate of drug-likeness (QED) is 0.785. The maximum absolute atomic E-state index is 5.51. The van der Waals surface area contributed by atoms with Crippen LogP contribution in [0.15, 0.2) is 0 Å². The Balaban J connectivity index is 1.85. The van der Waals surface area contributed by atoms with E-state index in [2.05, 4.69) is 10.00 Å². The zero-order valence-corrected chi connectivity index (χ0v) is 11.2. The van der Waals surface area contributed by atoms with Gasteiger partial charge in [-0.2, -0.15) is 0 Å². The van der Waals surface area contributed by atoms with Crippen molar-refractivity contribution >= 4 is 0 Å². The molecule has 3 heterocycles. The molecule has 18 heavy (non-hydrogen) atoms. The van der Waals surface area contributed by atoms with E-state index >= 15 is 0 Å². The van der Waals surface area contributed by atoms with Gasteiger partial charge in [-0.25, -0.2) is 0 Å². The largest absolute Gasteiger partial charge is 0.480 e. The van der Waals surface area contributed by atoms with Crippen LogP contribution in [0.3, 0.4) is 0 Å². The summed E-state index contributed by atoms with van der Waals surface area (Å²) in [6.45, 7) is 3.90. The van der Waals surface area contributed by atoms with Crippen LogP contribution in [-0.2, 0) is 24.8 Å². The van der Waals surface area contributed by atoms with Crippen LogP contribution >= 0.6 is 0 Å². The summed E-state index contributed by atoms with van der Waals surface area (Å²) in [4.78, 5) is 2.54. The maximum atomic E-state index is 5.51. The summed E-state index contributed by atoms with van der Waals surface area (Å²) in [5.74, 6) is 0.803. The van der Waals surface area contributed by atoms with E-state index in [4.69, 9.17) is 9.47 Å². The molecule has 5 nitrogen and oxygen atoms in total. The Morgan fingerprint density at radius 2 is 2.33 bits per heavy atom. The van der Waals surface area contributed by atoms with Crippen LogP contribution in [0.25, 0.3) is 0 Å².